The van der Waals surface area contributed by atoms with E-state index in [0.717, 1.165) is 45.1 Å². The number of carbonyl (C=O) groups is 1. The maximum Gasteiger partial charge on any atom is 0.323 e. The van der Waals surface area contributed by atoms with Crippen LogP contribution in [0.3, 0.4) is 0 Å². The second kappa shape index (κ2) is 11.1. The van der Waals surface area contributed by atoms with E-state index in [4.69, 9.17) is 10.5 Å². The average Bonchev–Trinajstić information content (AvgIpc) is 2.38. The summed E-state index contributed by atoms with van der Waals surface area (Å²) < 4.78 is 4.97. The van der Waals surface area contributed by atoms with Crippen molar-refractivity contribution >= 4 is 12.9 Å². The topological polar surface area (TPSA) is 92.8 Å². The predicted molar refractivity (Wildman–Crippen MR) is 82.0 cm³/mol. The van der Waals surface area contributed by atoms with Gasteiger partial charge in [0.25, 0.3) is 6.92 Å². The van der Waals surface area contributed by atoms with E-state index in [2.05, 4.69) is 0 Å². The van der Waals surface area contributed by atoms with Gasteiger partial charge in [-0.25, -0.2) is 0 Å². The van der Waals surface area contributed by atoms with Gasteiger partial charge in [-0.05, 0) is 25.6 Å². The first kappa shape index (κ1) is 19.4. The van der Waals surface area contributed by atoms with Crippen molar-refractivity contribution in [2.24, 2.45) is 5.73 Å². The molecule has 5 nitrogen and oxygen atoms in total. The Kier molecular flexibility index (Phi) is 10.8. The summed E-state index contributed by atoms with van der Waals surface area (Å²) in [6, 6.07) is 0. The molecule has 20 heavy (non-hydrogen) atoms. The zero-order valence-electron chi connectivity index (χ0n) is 12.9. The van der Waals surface area contributed by atoms with Crippen molar-refractivity contribution in [3.05, 3.63) is 0 Å². The van der Waals surface area contributed by atoms with Crippen molar-refractivity contribution in [2.45, 2.75) is 70.0 Å². The minimum Gasteiger partial charge on any atom is -0.480 e. The molecule has 0 saturated carbocycles. The molecule has 1 atom stereocenters. The summed E-state index contributed by atoms with van der Waals surface area (Å²) in [7, 11) is 1.68. The fraction of sp³-hybridized carbons (Fsp3) is 0.929. The Morgan fingerprint density at radius 3 is 2.20 bits per heavy atom. The summed E-state index contributed by atoms with van der Waals surface area (Å²) in [6.45, 7) is 2.17. The molecule has 4 N–H and O–H groups in total. The highest BCUT2D eigenvalue weighted by molar-refractivity contribution is 6.48. The quantitative estimate of drug-likeness (QED) is 0.356. The maximum atomic E-state index is 11.3. The Balaban J connectivity index is 3.90. The number of aliphatic carboxylic acids is 1. The van der Waals surface area contributed by atoms with Gasteiger partial charge < -0.3 is 20.6 Å². The number of methoxy groups -OCH3 is 1. The van der Waals surface area contributed by atoms with E-state index in [1.54, 1.807) is 13.9 Å². The molecule has 0 aliphatic heterocycles. The largest absolute Gasteiger partial charge is 0.480 e. The zero-order chi connectivity index (χ0) is 15.4. The average molecular weight is 287 g/mol. The van der Waals surface area contributed by atoms with Gasteiger partial charge in [0.1, 0.15) is 5.54 Å². The van der Waals surface area contributed by atoms with Gasteiger partial charge in [-0.3, -0.25) is 4.79 Å². The second-order valence-electron chi connectivity index (χ2n) is 5.71. The van der Waals surface area contributed by atoms with Crippen LogP contribution < -0.4 is 5.73 Å². The second-order valence-corrected chi connectivity index (χ2v) is 5.71. The van der Waals surface area contributed by atoms with Crippen molar-refractivity contribution in [3.8, 4) is 0 Å². The molecule has 0 aromatic rings. The Morgan fingerprint density at radius 2 is 1.70 bits per heavy atom. The molecule has 0 aromatic carbocycles. The molecular weight excluding hydrogens is 257 g/mol. The van der Waals surface area contributed by atoms with Gasteiger partial charge in [0, 0.05) is 13.7 Å². The van der Waals surface area contributed by atoms with Crippen LogP contribution in [-0.4, -0.2) is 42.3 Å². The van der Waals surface area contributed by atoms with E-state index in [-0.39, 0.29) is 6.92 Å². The van der Waals surface area contributed by atoms with Gasteiger partial charge >= 0.3 is 5.97 Å². The molecule has 0 aliphatic carbocycles. The fourth-order valence-electron chi connectivity index (χ4n) is 2.26. The minimum absolute atomic E-state index is 0.326. The van der Waals surface area contributed by atoms with E-state index in [1.165, 1.54) is 0 Å². The number of rotatable bonds is 13. The Labute approximate surface area is 123 Å². The normalized spacial score (nSPS) is 14.0. The first-order chi connectivity index (χ1) is 9.42. The predicted octanol–water partition coefficient (Wildman–Crippen LogP) is 2.15. The number of ether oxygens (including phenoxy) is 1. The van der Waals surface area contributed by atoms with Crippen molar-refractivity contribution in [3.63, 3.8) is 0 Å². The molecule has 0 amide bonds. The third-order valence-corrected chi connectivity index (χ3v) is 3.64. The van der Waals surface area contributed by atoms with Crippen molar-refractivity contribution in [1.82, 2.24) is 0 Å². The summed E-state index contributed by atoms with van der Waals surface area (Å²) in [5, 5.41) is 18.5. The molecule has 0 saturated heterocycles. The van der Waals surface area contributed by atoms with Gasteiger partial charge in [0.15, 0.2) is 0 Å². The van der Waals surface area contributed by atoms with Crippen LogP contribution in [0.15, 0.2) is 0 Å². The summed E-state index contributed by atoms with van der Waals surface area (Å²) >= 11 is 0. The summed E-state index contributed by atoms with van der Waals surface area (Å²) in [5.74, 6) is -0.911. The zero-order valence-corrected chi connectivity index (χ0v) is 12.9. The van der Waals surface area contributed by atoms with Gasteiger partial charge in [-0.2, -0.15) is 0 Å². The highest BCUT2D eigenvalue weighted by Crippen LogP contribution is 2.21. The van der Waals surface area contributed by atoms with Crippen LogP contribution in [-0.2, 0) is 9.53 Å². The number of carboxylic acid groups (broad SMARTS) is 1. The van der Waals surface area contributed by atoms with Gasteiger partial charge in [-0.15, -0.1) is 0 Å². The van der Waals surface area contributed by atoms with Crippen LogP contribution in [0.4, 0.5) is 0 Å². The van der Waals surface area contributed by atoms with Crippen LogP contribution >= 0.6 is 0 Å². The summed E-state index contributed by atoms with van der Waals surface area (Å²) in [6.07, 6.45) is 7.15. The Morgan fingerprint density at radius 1 is 1.15 bits per heavy atom. The van der Waals surface area contributed by atoms with Crippen molar-refractivity contribution in [2.75, 3.05) is 13.7 Å². The van der Waals surface area contributed by atoms with Gasteiger partial charge in [-0.1, -0.05) is 38.9 Å². The number of hydrogen-bond acceptors (Lipinski definition) is 4. The van der Waals surface area contributed by atoms with E-state index in [9.17, 15) is 14.9 Å². The first-order valence-corrected chi connectivity index (χ1v) is 7.61. The van der Waals surface area contributed by atoms with Crippen LogP contribution in [0.1, 0.15) is 51.4 Å². The van der Waals surface area contributed by atoms with Gasteiger partial charge in [0.05, 0.1) is 0 Å². The number of nitrogens with two attached hydrogens (primary N) is 1. The van der Waals surface area contributed by atoms with Crippen LogP contribution in [0.2, 0.25) is 13.1 Å². The molecule has 0 bridgehead atoms. The molecular formula is C14H30BNO4. The fourth-order valence-corrected chi connectivity index (χ4v) is 2.26. The van der Waals surface area contributed by atoms with Crippen molar-refractivity contribution < 1.29 is 19.7 Å². The standard InChI is InChI=1S/C14H30BNO4/c1-15(19)11-7-6-10-14(16,13(17)18)9-5-3-4-8-12-20-2/h19H,3-12,16H2,1-2H3,(H,17,18). The van der Waals surface area contributed by atoms with E-state index < -0.39 is 11.5 Å². The lowest BCUT2D eigenvalue weighted by atomic mass is 9.66. The van der Waals surface area contributed by atoms with Crippen molar-refractivity contribution in [1.29, 1.82) is 0 Å². The Hall–Kier alpha value is -0.585. The molecule has 0 spiro atoms. The molecule has 0 aliphatic rings. The molecule has 1 unspecified atom stereocenters. The molecule has 0 rings (SSSR count). The smallest absolute Gasteiger partial charge is 0.323 e. The minimum atomic E-state index is -1.11. The third kappa shape index (κ3) is 9.34. The lowest BCUT2D eigenvalue weighted by Crippen LogP contribution is -2.47. The molecule has 6 heteroatoms. The molecule has 0 fully saturated rings. The molecule has 0 heterocycles. The highest BCUT2D eigenvalue weighted by Gasteiger charge is 2.32. The molecule has 118 valence electrons. The lowest BCUT2D eigenvalue weighted by Gasteiger charge is -2.24. The van der Waals surface area contributed by atoms with E-state index >= 15 is 0 Å². The van der Waals surface area contributed by atoms with Crippen LogP contribution in [0.5, 0.6) is 0 Å². The summed E-state index contributed by atoms with van der Waals surface area (Å²) in [4.78, 5) is 11.3. The monoisotopic (exact) mass is 287 g/mol. The molecule has 0 radical (unpaired) electrons. The Bertz CT molecular complexity index is 264. The number of unbranched alkanes of at least 4 members (excludes halogenated alkanes) is 4. The third-order valence-electron chi connectivity index (χ3n) is 3.64. The van der Waals surface area contributed by atoms with Crippen LogP contribution in [0, 0.1) is 0 Å². The molecule has 0 aromatic heterocycles. The maximum absolute atomic E-state index is 11.3. The SMILES string of the molecule is COCCCCCCC(N)(CCCCB(C)O)C(=O)O. The number of hydrogen-bond donors (Lipinski definition) is 3. The highest BCUT2D eigenvalue weighted by atomic mass is 16.5. The summed E-state index contributed by atoms with van der Waals surface area (Å²) in [5.41, 5.74) is 4.90. The first-order valence-electron chi connectivity index (χ1n) is 7.61. The van der Waals surface area contributed by atoms with Crippen LogP contribution in [0.25, 0.3) is 0 Å². The van der Waals surface area contributed by atoms with E-state index in [0.29, 0.717) is 19.2 Å². The number of carboxylic acids is 1. The van der Waals surface area contributed by atoms with Gasteiger partial charge in [0.2, 0.25) is 0 Å². The lowest BCUT2D eigenvalue weighted by molar-refractivity contribution is -0.144. The van der Waals surface area contributed by atoms with E-state index in [1.807, 2.05) is 0 Å².